The van der Waals surface area contributed by atoms with E-state index < -0.39 is 0 Å². The average molecular weight is 713 g/mol. The number of hydrogen-bond acceptors (Lipinski definition) is 1. The van der Waals surface area contributed by atoms with E-state index in [1.807, 2.05) is 0 Å². The van der Waals surface area contributed by atoms with Gasteiger partial charge in [-0.25, -0.2) is 0 Å². The first kappa shape index (κ1) is 32.0. The van der Waals surface area contributed by atoms with Crippen molar-refractivity contribution in [3.63, 3.8) is 0 Å². The molecule has 2 nitrogen and oxygen atoms in total. The topological polar surface area (TPSA) is 8.17 Å². The molecule has 0 aliphatic carbocycles. The largest absolute Gasteiger partial charge is 0.310 e. The highest BCUT2D eigenvalue weighted by molar-refractivity contribution is 6.25. The number of rotatable bonds is 6. The lowest BCUT2D eigenvalue weighted by molar-refractivity contribution is 1.18. The second-order valence-electron chi connectivity index (χ2n) is 14.5. The van der Waals surface area contributed by atoms with Crippen molar-refractivity contribution in [3.05, 3.63) is 218 Å². The molecule has 11 aromatic rings. The Balaban J connectivity index is 1.13. The van der Waals surface area contributed by atoms with Crippen LogP contribution in [0.2, 0.25) is 0 Å². The molecule has 0 saturated heterocycles. The quantitative estimate of drug-likeness (QED) is 0.167. The fourth-order valence-corrected chi connectivity index (χ4v) is 8.83. The normalized spacial score (nSPS) is 11.6. The van der Waals surface area contributed by atoms with Crippen LogP contribution in [0.3, 0.4) is 0 Å². The molecule has 1 heterocycles. The maximum absolute atomic E-state index is 2.42. The molecule has 0 N–H and O–H groups in total. The van der Waals surface area contributed by atoms with Gasteiger partial charge in [0.05, 0.1) is 16.7 Å². The van der Waals surface area contributed by atoms with Crippen molar-refractivity contribution in [1.82, 2.24) is 4.57 Å². The molecule has 0 aliphatic heterocycles. The third-order valence-corrected chi connectivity index (χ3v) is 11.3. The minimum atomic E-state index is 1.10. The monoisotopic (exact) mass is 712 g/mol. The summed E-state index contributed by atoms with van der Waals surface area (Å²) < 4.78 is 2.42. The molecule has 0 bridgehead atoms. The van der Waals surface area contributed by atoms with E-state index in [0.717, 1.165) is 22.7 Å². The Labute approximate surface area is 325 Å². The summed E-state index contributed by atoms with van der Waals surface area (Å²) in [5.41, 5.74) is 11.7. The molecule has 0 fully saturated rings. The van der Waals surface area contributed by atoms with E-state index in [-0.39, 0.29) is 0 Å². The van der Waals surface area contributed by atoms with Crippen molar-refractivity contribution in [3.8, 4) is 27.9 Å². The van der Waals surface area contributed by atoms with E-state index >= 15 is 0 Å². The van der Waals surface area contributed by atoms with E-state index in [2.05, 4.69) is 228 Å². The van der Waals surface area contributed by atoms with Gasteiger partial charge >= 0.3 is 0 Å². The molecule has 0 atom stereocenters. The van der Waals surface area contributed by atoms with Gasteiger partial charge in [-0.05, 0) is 104 Å². The van der Waals surface area contributed by atoms with Gasteiger partial charge in [0.15, 0.2) is 0 Å². The van der Waals surface area contributed by atoms with E-state index in [1.54, 1.807) is 0 Å². The predicted molar refractivity (Wildman–Crippen MR) is 239 cm³/mol. The van der Waals surface area contributed by atoms with Crippen molar-refractivity contribution in [2.45, 2.75) is 0 Å². The van der Waals surface area contributed by atoms with Crippen LogP contribution >= 0.6 is 0 Å². The molecule has 0 saturated carbocycles. The van der Waals surface area contributed by atoms with Crippen LogP contribution in [0.1, 0.15) is 0 Å². The number of anilines is 3. The zero-order valence-electron chi connectivity index (χ0n) is 30.7. The van der Waals surface area contributed by atoms with E-state index in [1.165, 1.54) is 76.4 Å². The van der Waals surface area contributed by atoms with Gasteiger partial charge in [0.2, 0.25) is 0 Å². The number of para-hydroxylation sites is 1. The number of aromatic nitrogens is 1. The van der Waals surface area contributed by atoms with Gasteiger partial charge < -0.3 is 9.47 Å². The molecule has 0 amide bonds. The van der Waals surface area contributed by atoms with E-state index in [4.69, 9.17) is 0 Å². The average Bonchev–Trinajstić information content (AvgIpc) is 3.62. The van der Waals surface area contributed by atoms with Crippen molar-refractivity contribution < 1.29 is 0 Å². The summed E-state index contributed by atoms with van der Waals surface area (Å²) in [6.45, 7) is 0. The van der Waals surface area contributed by atoms with Crippen LogP contribution in [0.4, 0.5) is 17.1 Å². The Kier molecular flexibility index (Phi) is 7.53. The minimum absolute atomic E-state index is 1.10. The fourth-order valence-electron chi connectivity index (χ4n) is 8.83. The standard InChI is InChI=1S/C54H36N2/c1-2-20-42(21-3-1)56-51-29-13-27-49(54(51)53-48-25-9-6-16-39(48)32-35-52(53)56)41-19-10-22-44(36-41)55(50-28-12-18-38-15-5-8-24-47(38)50)43-33-30-40(31-34-43)46-26-11-17-37-14-4-7-23-45(37)46/h1-36H. The van der Waals surface area contributed by atoms with Crippen LogP contribution in [-0.4, -0.2) is 4.57 Å². The number of nitrogens with zero attached hydrogens (tertiary/aromatic N) is 2. The summed E-state index contributed by atoms with van der Waals surface area (Å²) in [5, 5.41) is 9.97. The number of hydrogen-bond donors (Lipinski definition) is 0. The zero-order chi connectivity index (χ0) is 37.0. The number of benzene rings is 10. The van der Waals surface area contributed by atoms with Gasteiger partial charge in [-0.1, -0.05) is 164 Å². The summed E-state index contributed by atoms with van der Waals surface area (Å²) in [5.74, 6) is 0. The summed E-state index contributed by atoms with van der Waals surface area (Å²) in [4.78, 5) is 2.42. The maximum atomic E-state index is 2.42. The Morgan fingerprint density at radius 1 is 0.321 bits per heavy atom. The maximum Gasteiger partial charge on any atom is 0.0547 e. The van der Waals surface area contributed by atoms with Crippen LogP contribution < -0.4 is 4.90 Å². The first-order chi connectivity index (χ1) is 27.8. The lowest BCUT2D eigenvalue weighted by Gasteiger charge is -2.27. The Hall–Kier alpha value is -7.42. The summed E-state index contributed by atoms with van der Waals surface area (Å²) in [6, 6.07) is 79.5. The molecule has 0 unspecified atom stereocenters. The van der Waals surface area contributed by atoms with Gasteiger partial charge in [0, 0.05) is 33.2 Å². The molecule has 1 aromatic heterocycles. The molecule has 10 aromatic carbocycles. The fraction of sp³-hybridized carbons (Fsp3) is 0. The van der Waals surface area contributed by atoms with Crippen LogP contribution in [0, 0.1) is 0 Å². The second kappa shape index (κ2) is 13.2. The van der Waals surface area contributed by atoms with Crippen LogP contribution in [0.5, 0.6) is 0 Å². The second-order valence-corrected chi connectivity index (χ2v) is 14.5. The Morgan fingerprint density at radius 3 is 1.71 bits per heavy atom. The highest BCUT2D eigenvalue weighted by Crippen LogP contribution is 2.45. The van der Waals surface area contributed by atoms with Gasteiger partial charge in [-0.15, -0.1) is 0 Å². The minimum Gasteiger partial charge on any atom is -0.310 e. The Bertz CT molecular complexity index is 3240. The first-order valence-electron chi connectivity index (χ1n) is 19.3. The third-order valence-electron chi connectivity index (χ3n) is 11.3. The van der Waals surface area contributed by atoms with Crippen molar-refractivity contribution in [2.24, 2.45) is 0 Å². The Morgan fingerprint density at radius 2 is 0.911 bits per heavy atom. The van der Waals surface area contributed by atoms with Gasteiger partial charge in [0.25, 0.3) is 0 Å². The van der Waals surface area contributed by atoms with Crippen LogP contribution in [-0.2, 0) is 0 Å². The molecule has 0 aliphatic rings. The summed E-state index contributed by atoms with van der Waals surface area (Å²) >= 11 is 0. The van der Waals surface area contributed by atoms with Crippen LogP contribution in [0.15, 0.2) is 218 Å². The molecular formula is C54H36N2. The molecular weight excluding hydrogens is 677 g/mol. The van der Waals surface area contributed by atoms with E-state index in [0.29, 0.717) is 0 Å². The van der Waals surface area contributed by atoms with Crippen molar-refractivity contribution in [2.75, 3.05) is 4.90 Å². The first-order valence-corrected chi connectivity index (χ1v) is 19.3. The smallest absolute Gasteiger partial charge is 0.0547 e. The predicted octanol–water partition coefficient (Wildman–Crippen LogP) is 15.0. The van der Waals surface area contributed by atoms with Crippen molar-refractivity contribution >= 4 is 71.2 Å². The highest BCUT2D eigenvalue weighted by atomic mass is 15.1. The lowest BCUT2D eigenvalue weighted by atomic mass is 9.96. The molecule has 0 radical (unpaired) electrons. The SMILES string of the molecule is c1ccc(-n2c3cccc(-c4cccc(N(c5ccc(-c6cccc7ccccc67)cc5)c5cccc6ccccc56)c4)c3c3c4ccccc4ccc32)cc1. The molecule has 262 valence electrons. The molecule has 56 heavy (non-hydrogen) atoms. The van der Waals surface area contributed by atoms with Gasteiger partial charge in [-0.2, -0.15) is 0 Å². The van der Waals surface area contributed by atoms with Crippen molar-refractivity contribution in [1.29, 1.82) is 0 Å². The highest BCUT2D eigenvalue weighted by Gasteiger charge is 2.20. The van der Waals surface area contributed by atoms with Crippen LogP contribution in [0.25, 0.3) is 82.1 Å². The number of fused-ring (bicyclic) bond motifs is 7. The third kappa shape index (κ3) is 5.19. The summed E-state index contributed by atoms with van der Waals surface area (Å²) in [6.07, 6.45) is 0. The molecule has 11 rings (SSSR count). The van der Waals surface area contributed by atoms with E-state index in [9.17, 15) is 0 Å². The molecule has 2 heteroatoms. The van der Waals surface area contributed by atoms with Gasteiger partial charge in [-0.3, -0.25) is 0 Å². The lowest BCUT2D eigenvalue weighted by Crippen LogP contribution is -2.10. The summed E-state index contributed by atoms with van der Waals surface area (Å²) in [7, 11) is 0. The zero-order valence-corrected chi connectivity index (χ0v) is 30.7. The molecule has 0 spiro atoms. The van der Waals surface area contributed by atoms with Gasteiger partial charge in [0.1, 0.15) is 0 Å².